The molecule has 0 aliphatic carbocycles. The van der Waals surface area contributed by atoms with Gasteiger partial charge in [0.15, 0.2) is 0 Å². The first-order valence-electron chi connectivity index (χ1n) is 11.4. The fourth-order valence-electron chi connectivity index (χ4n) is 3.98. The van der Waals surface area contributed by atoms with Crippen molar-refractivity contribution in [3.63, 3.8) is 0 Å². The standard InChI is InChI=1S/C28H32FN3OS/c1-6-10-25(31-24(8-3)19-11-16-27(33)28(17-19)34-5)22(7-2)23-18-30-32(26(23)9-4)21-14-12-20(29)13-15-21/h7,9-18,24,31,33H,4,6,8H2,1-3,5H3/b22-7+,25-10+. The second-order valence-corrected chi connectivity index (χ2v) is 8.65. The van der Waals surface area contributed by atoms with Crippen LogP contribution in [0.5, 0.6) is 5.75 Å². The van der Waals surface area contributed by atoms with E-state index in [1.165, 1.54) is 23.9 Å². The summed E-state index contributed by atoms with van der Waals surface area (Å²) < 4.78 is 15.2. The number of thioether (sulfide) groups is 1. The lowest BCUT2D eigenvalue weighted by Crippen LogP contribution is -2.21. The predicted molar refractivity (Wildman–Crippen MR) is 142 cm³/mol. The quantitative estimate of drug-likeness (QED) is 0.234. The molecule has 0 fully saturated rings. The summed E-state index contributed by atoms with van der Waals surface area (Å²) in [5.74, 6) is 0.0145. The summed E-state index contributed by atoms with van der Waals surface area (Å²) in [6.45, 7) is 10.3. The zero-order chi connectivity index (χ0) is 24.7. The Hall–Kier alpha value is -3.25. The van der Waals surface area contributed by atoms with Crippen LogP contribution < -0.4 is 5.32 Å². The summed E-state index contributed by atoms with van der Waals surface area (Å²) in [6.07, 6.45) is 11.6. The molecule has 0 saturated carbocycles. The average Bonchev–Trinajstić information content (AvgIpc) is 3.27. The molecular weight excluding hydrogens is 445 g/mol. The molecule has 3 aromatic rings. The molecule has 0 spiro atoms. The maximum atomic E-state index is 13.4. The highest BCUT2D eigenvalue weighted by atomic mass is 32.2. The van der Waals surface area contributed by atoms with Gasteiger partial charge < -0.3 is 10.4 Å². The monoisotopic (exact) mass is 477 g/mol. The first kappa shape index (κ1) is 25.4. The van der Waals surface area contributed by atoms with Gasteiger partial charge in [0.05, 0.1) is 23.6 Å². The van der Waals surface area contributed by atoms with Gasteiger partial charge in [-0.1, -0.05) is 38.6 Å². The van der Waals surface area contributed by atoms with Gasteiger partial charge in [-0.05, 0) is 74.1 Å². The lowest BCUT2D eigenvalue weighted by atomic mass is 9.98. The molecule has 4 nitrogen and oxygen atoms in total. The highest BCUT2D eigenvalue weighted by Gasteiger charge is 2.19. The van der Waals surface area contributed by atoms with Crippen LogP contribution in [0, 0.1) is 5.82 Å². The minimum Gasteiger partial charge on any atom is -0.507 e. The number of aromatic hydroxyl groups is 1. The Balaban J connectivity index is 2.00. The highest BCUT2D eigenvalue weighted by molar-refractivity contribution is 7.98. The molecule has 34 heavy (non-hydrogen) atoms. The van der Waals surface area contributed by atoms with E-state index >= 15 is 0 Å². The molecule has 1 atom stereocenters. The Morgan fingerprint density at radius 1 is 1.24 bits per heavy atom. The van der Waals surface area contributed by atoms with Gasteiger partial charge in [-0.15, -0.1) is 11.8 Å². The number of phenols is 1. The van der Waals surface area contributed by atoms with Gasteiger partial charge in [0, 0.05) is 21.7 Å². The van der Waals surface area contributed by atoms with Crippen LogP contribution in [-0.4, -0.2) is 21.1 Å². The van der Waals surface area contributed by atoms with Gasteiger partial charge in [0.25, 0.3) is 0 Å². The molecule has 0 bridgehead atoms. The Morgan fingerprint density at radius 3 is 2.56 bits per heavy atom. The average molecular weight is 478 g/mol. The number of phenolic OH excluding ortho intramolecular Hbond substituents is 1. The zero-order valence-corrected chi connectivity index (χ0v) is 21.0. The van der Waals surface area contributed by atoms with E-state index in [1.807, 2.05) is 31.5 Å². The molecule has 0 radical (unpaired) electrons. The number of aromatic nitrogens is 2. The molecule has 2 N–H and O–H groups in total. The molecule has 178 valence electrons. The van der Waals surface area contributed by atoms with E-state index in [2.05, 4.69) is 43.0 Å². The zero-order valence-electron chi connectivity index (χ0n) is 20.2. The lowest BCUT2D eigenvalue weighted by Gasteiger charge is -2.24. The number of halogens is 1. The van der Waals surface area contributed by atoms with Crippen LogP contribution in [0.4, 0.5) is 4.39 Å². The summed E-state index contributed by atoms with van der Waals surface area (Å²) in [5.41, 5.74) is 5.70. The SMILES string of the molecule is C=Cc1c(C(=C\C)/C(=C\CC)NC(CC)c2ccc(O)c(SC)c2)cnn1-c1ccc(F)cc1. The number of nitrogens with zero attached hydrogens (tertiary/aromatic N) is 2. The molecule has 0 amide bonds. The van der Waals surface area contributed by atoms with Crippen molar-refractivity contribution in [1.29, 1.82) is 0 Å². The highest BCUT2D eigenvalue weighted by Crippen LogP contribution is 2.33. The van der Waals surface area contributed by atoms with Crippen LogP contribution in [0.25, 0.3) is 17.3 Å². The van der Waals surface area contributed by atoms with E-state index in [9.17, 15) is 9.50 Å². The summed E-state index contributed by atoms with van der Waals surface area (Å²) in [5, 5.41) is 18.4. The minimum absolute atomic E-state index is 0.0681. The third-order valence-electron chi connectivity index (χ3n) is 5.69. The van der Waals surface area contributed by atoms with Crippen molar-refractivity contribution in [2.75, 3.05) is 6.26 Å². The molecule has 0 saturated heterocycles. The summed E-state index contributed by atoms with van der Waals surface area (Å²) in [7, 11) is 0. The molecular formula is C28H32FN3OS. The van der Waals surface area contributed by atoms with E-state index in [0.717, 1.165) is 51.5 Å². The predicted octanol–water partition coefficient (Wildman–Crippen LogP) is 7.52. The van der Waals surface area contributed by atoms with E-state index in [-0.39, 0.29) is 11.9 Å². The third-order valence-corrected chi connectivity index (χ3v) is 6.46. The summed E-state index contributed by atoms with van der Waals surface area (Å²) in [4.78, 5) is 0.861. The van der Waals surface area contributed by atoms with Crippen molar-refractivity contribution in [3.05, 3.63) is 95.7 Å². The topological polar surface area (TPSA) is 50.1 Å². The minimum atomic E-state index is -0.285. The van der Waals surface area contributed by atoms with Gasteiger partial charge in [-0.2, -0.15) is 5.10 Å². The Bertz CT molecular complexity index is 1190. The van der Waals surface area contributed by atoms with Gasteiger partial charge in [0.1, 0.15) is 11.6 Å². The van der Waals surface area contributed by atoms with Crippen LogP contribution in [0.1, 0.15) is 56.5 Å². The normalized spacial score (nSPS) is 13.1. The summed E-state index contributed by atoms with van der Waals surface area (Å²) in [6, 6.07) is 12.1. The lowest BCUT2D eigenvalue weighted by molar-refractivity contribution is 0.461. The second-order valence-electron chi connectivity index (χ2n) is 7.80. The third kappa shape index (κ3) is 5.45. The van der Waals surface area contributed by atoms with E-state index in [0.29, 0.717) is 5.75 Å². The fraction of sp³-hybridized carbons (Fsp3) is 0.250. The van der Waals surface area contributed by atoms with E-state index in [4.69, 9.17) is 0 Å². The fourth-order valence-corrected chi connectivity index (χ4v) is 4.51. The number of rotatable bonds is 10. The van der Waals surface area contributed by atoms with Crippen molar-refractivity contribution in [3.8, 4) is 11.4 Å². The van der Waals surface area contributed by atoms with Crippen molar-refractivity contribution in [2.24, 2.45) is 0 Å². The maximum absolute atomic E-state index is 13.4. The van der Waals surface area contributed by atoms with Crippen molar-refractivity contribution < 1.29 is 9.50 Å². The molecule has 3 rings (SSSR count). The van der Waals surface area contributed by atoms with Gasteiger partial charge >= 0.3 is 0 Å². The van der Waals surface area contributed by atoms with Crippen molar-refractivity contribution in [2.45, 2.75) is 44.6 Å². The first-order valence-corrected chi connectivity index (χ1v) is 12.7. The van der Waals surface area contributed by atoms with Gasteiger partial charge in [-0.25, -0.2) is 9.07 Å². The molecule has 2 aromatic carbocycles. The molecule has 6 heteroatoms. The number of nitrogens with one attached hydrogen (secondary N) is 1. The van der Waals surface area contributed by atoms with Crippen LogP contribution in [0.15, 0.2) is 78.0 Å². The number of hydrogen-bond acceptors (Lipinski definition) is 4. The molecule has 1 aromatic heterocycles. The molecule has 0 aliphatic heterocycles. The molecule has 0 aliphatic rings. The first-order chi connectivity index (χ1) is 16.5. The van der Waals surface area contributed by atoms with Crippen molar-refractivity contribution in [1.82, 2.24) is 15.1 Å². The Morgan fingerprint density at radius 2 is 1.97 bits per heavy atom. The maximum Gasteiger partial charge on any atom is 0.129 e. The second kappa shape index (κ2) is 11.7. The number of benzene rings is 2. The number of allylic oxidation sites excluding steroid dienone is 3. The van der Waals surface area contributed by atoms with Crippen LogP contribution in [0.3, 0.4) is 0 Å². The van der Waals surface area contributed by atoms with E-state index in [1.54, 1.807) is 29.0 Å². The number of hydrogen-bond donors (Lipinski definition) is 2. The van der Waals surface area contributed by atoms with Gasteiger partial charge in [0.2, 0.25) is 0 Å². The van der Waals surface area contributed by atoms with Gasteiger partial charge in [-0.3, -0.25) is 0 Å². The van der Waals surface area contributed by atoms with Crippen LogP contribution >= 0.6 is 11.8 Å². The summed E-state index contributed by atoms with van der Waals surface area (Å²) >= 11 is 1.53. The Kier molecular flexibility index (Phi) is 8.77. The van der Waals surface area contributed by atoms with Crippen LogP contribution in [-0.2, 0) is 0 Å². The van der Waals surface area contributed by atoms with Crippen molar-refractivity contribution >= 4 is 23.4 Å². The largest absolute Gasteiger partial charge is 0.507 e. The Labute approximate surface area is 205 Å². The van der Waals surface area contributed by atoms with E-state index < -0.39 is 0 Å². The molecule has 1 heterocycles. The smallest absolute Gasteiger partial charge is 0.129 e. The van der Waals surface area contributed by atoms with Crippen LogP contribution in [0.2, 0.25) is 0 Å². The molecule has 1 unspecified atom stereocenters.